The van der Waals surface area contributed by atoms with E-state index >= 15 is 0 Å². The Labute approximate surface area is 105 Å². The lowest BCUT2D eigenvalue weighted by Crippen LogP contribution is -2.31. The van der Waals surface area contributed by atoms with Gasteiger partial charge >= 0.3 is 0 Å². The van der Waals surface area contributed by atoms with E-state index in [1.54, 1.807) is 11.3 Å². The van der Waals surface area contributed by atoms with Crippen LogP contribution in [0.25, 0.3) is 0 Å². The Hall–Kier alpha value is -0.550. The van der Waals surface area contributed by atoms with Crippen LogP contribution in [0.15, 0.2) is 10.4 Å². The number of aromatic nitrogens is 1. The first-order chi connectivity index (χ1) is 7.65. The van der Waals surface area contributed by atoms with Crippen LogP contribution < -0.4 is 5.32 Å². The molecule has 5 heteroatoms. The topological polar surface area (TPSA) is 37.3 Å². The molecule has 3 nitrogen and oxygen atoms in total. The zero-order valence-corrected chi connectivity index (χ0v) is 11.5. The summed E-state index contributed by atoms with van der Waals surface area (Å²) >= 11 is 3.51. The summed E-state index contributed by atoms with van der Waals surface area (Å²) in [5, 5.41) is 7.70. The van der Waals surface area contributed by atoms with E-state index in [1.165, 1.54) is 0 Å². The van der Waals surface area contributed by atoms with Crippen LogP contribution in [0, 0.1) is 12.8 Å². The molecule has 2 heterocycles. The van der Waals surface area contributed by atoms with Crippen molar-refractivity contribution in [2.24, 2.45) is 10.9 Å². The molecule has 1 aromatic heterocycles. The molecular formula is C11H17N3S2. The van der Waals surface area contributed by atoms with E-state index in [-0.39, 0.29) is 0 Å². The summed E-state index contributed by atoms with van der Waals surface area (Å²) in [6.45, 7) is 7.21. The monoisotopic (exact) mass is 255 g/mol. The van der Waals surface area contributed by atoms with Gasteiger partial charge in [-0.05, 0) is 12.8 Å². The van der Waals surface area contributed by atoms with E-state index in [9.17, 15) is 0 Å². The minimum Gasteiger partial charge on any atom is -0.361 e. The highest BCUT2D eigenvalue weighted by Crippen LogP contribution is 2.20. The normalized spacial score (nSPS) is 23.0. The fraction of sp³-hybridized carbons (Fsp3) is 0.636. The predicted octanol–water partition coefficient (Wildman–Crippen LogP) is 2.67. The molecule has 1 fully saturated rings. The van der Waals surface area contributed by atoms with E-state index in [0.717, 1.165) is 21.6 Å². The lowest BCUT2D eigenvalue weighted by atomic mass is 10.1. The summed E-state index contributed by atoms with van der Waals surface area (Å²) in [4.78, 5) is 8.96. The predicted molar refractivity (Wildman–Crippen MR) is 72.2 cm³/mol. The first-order valence-corrected chi connectivity index (χ1v) is 7.36. The largest absolute Gasteiger partial charge is 0.361 e. The van der Waals surface area contributed by atoms with E-state index in [0.29, 0.717) is 18.5 Å². The maximum atomic E-state index is 4.56. The molecule has 0 saturated carbocycles. The highest BCUT2D eigenvalue weighted by Gasteiger charge is 2.22. The molecule has 0 unspecified atom stereocenters. The summed E-state index contributed by atoms with van der Waals surface area (Å²) in [6.07, 6.45) is 0. The maximum absolute atomic E-state index is 4.56. The third kappa shape index (κ3) is 2.98. The molecule has 0 aliphatic carbocycles. The Morgan fingerprint density at radius 3 is 3.00 bits per heavy atom. The number of hydrogen-bond donors (Lipinski definition) is 1. The van der Waals surface area contributed by atoms with Crippen LogP contribution in [0.2, 0.25) is 0 Å². The molecule has 16 heavy (non-hydrogen) atoms. The first-order valence-electron chi connectivity index (χ1n) is 5.50. The van der Waals surface area contributed by atoms with Gasteiger partial charge in [-0.15, -0.1) is 11.3 Å². The van der Waals surface area contributed by atoms with Gasteiger partial charge in [0.2, 0.25) is 0 Å². The molecule has 1 aliphatic heterocycles. The zero-order valence-electron chi connectivity index (χ0n) is 9.86. The van der Waals surface area contributed by atoms with Crippen molar-refractivity contribution in [1.82, 2.24) is 10.3 Å². The summed E-state index contributed by atoms with van der Waals surface area (Å²) in [5.41, 5.74) is 1.09. The Kier molecular flexibility index (Phi) is 3.86. The van der Waals surface area contributed by atoms with E-state index in [4.69, 9.17) is 0 Å². The molecule has 88 valence electrons. The summed E-state index contributed by atoms with van der Waals surface area (Å²) in [7, 11) is 0. The van der Waals surface area contributed by atoms with Crippen LogP contribution in [-0.2, 0) is 6.54 Å². The van der Waals surface area contributed by atoms with Gasteiger partial charge in [0, 0.05) is 22.9 Å². The minimum atomic E-state index is 0.571. The van der Waals surface area contributed by atoms with Crippen molar-refractivity contribution in [3.8, 4) is 0 Å². The Morgan fingerprint density at radius 1 is 1.62 bits per heavy atom. The molecule has 1 saturated heterocycles. The van der Waals surface area contributed by atoms with Gasteiger partial charge < -0.3 is 5.32 Å². The average molecular weight is 255 g/mol. The lowest BCUT2D eigenvalue weighted by Gasteiger charge is -2.12. The van der Waals surface area contributed by atoms with Crippen LogP contribution in [0.1, 0.15) is 24.5 Å². The number of thiazole rings is 1. The van der Waals surface area contributed by atoms with Gasteiger partial charge in [-0.1, -0.05) is 25.6 Å². The van der Waals surface area contributed by atoms with Gasteiger partial charge in [0.05, 0.1) is 6.54 Å². The van der Waals surface area contributed by atoms with E-state index in [2.05, 4.69) is 34.5 Å². The Bertz CT molecular complexity index is 384. The number of amidine groups is 1. The Balaban J connectivity index is 1.90. The maximum Gasteiger partial charge on any atom is 0.157 e. The number of thioether (sulfide) groups is 1. The van der Waals surface area contributed by atoms with E-state index in [1.807, 2.05) is 18.7 Å². The summed E-state index contributed by atoms with van der Waals surface area (Å²) in [6, 6.07) is 0.571. The first kappa shape index (κ1) is 11.9. The van der Waals surface area contributed by atoms with Gasteiger partial charge in [0.25, 0.3) is 0 Å². The second kappa shape index (κ2) is 5.19. The van der Waals surface area contributed by atoms with E-state index < -0.39 is 0 Å². The number of nitrogens with one attached hydrogen (secondary N) is 1. The van der Waals surface area contributed by atoms with Gasteiger partial charge in [-0.3, -0.25) is 4.99 Å². The molecule has 0 radical (unpaired) electrons. The number of nitrogens with zero attached hydrogens (tertiary/aromatic N) is 2. The van der Waals surface area contributed by atoms with Crippen molar-refractivity contribution < 1.29 is 0 Å². The molecule has 1 N–H and O–H groups in total. The van der Waals surface area contributed by atoms with Crippen molar-refractivity contribution in [3.05, 3.63) is 16.1 Å². The highest BCUT2D eigenvalue weighted by atomic mass is 32.2. The molecular weight excluding hydrogens is 238 g/mol. The second-order valence-corrected chi connectivity index (χ2v) is 6.26. The van der Waals surface area contributed by atoms with Gasteiger partial charge in [0.1, 0.15) is 5.01 Å². The van der Waals surface area contributed by atoms with Crippen molar-refractivity contribution in [2.75, 3.05) is 5.75 Å². The van der Waals surface area contributed by atoms with Crippen LogP contribution in [-0.4, -0.2) is 21.9 Å². The standard InChI is InChI=1S/C11H17N3S2/c1-7(2)9-6-16-11(14-9)12-4-10-13-8(3)5-15-10/h5,7,9H,4,6H2,1-3H3,(H,12,14)/t9-/m1/s1. The molecule has 0 amide bonds. The van der Waals surface area contributed by atoms with Crippen LogP contribution in [0.3, 0.4) is 0 Å². The molecule has 0 bridgehead atoms. The molecule has 1 aliphatic rings. The molecule has 1 atom stereocenters. The number of hydrogen-bond acceptors (Lipinski definition) is 4. The summed E-state index contributed by atoms with van der Waals surface area (Å²) in [5.74, 6) is 1.80. The molecule has 1 aromatic rings. The average Bonchev–Trinajstić information content (AvgIpc) is 2.83. The Morgan fingerprint density at radius 2 is 2.44 bits per heavy atom. The third-order valence-electron chi connectivity index (χ3n) is 2.54. The highest BCUT2D eigenvalue weighted by molar-refractivity contribution is 8.14. The number of aliphatic imine (C=N–C) groups is 1. The van der Waals surface area contributed by atoms with Crippen molar-refractivity contribution >= 4 is 28.3 Å². The quantitative estimate of drug-likeness (QED) is 0.902. The fourth-order valence-corrected chi connectivity index (χ4v) is 3.37. The smallest absolute Gasteiger partial charge is 0.157 e. The van der Waals surface area contributed by atoms with Crippen LogP contribution in [0.5, 0.6) is 0 Å². The zero-order chi connectivity index (χ0) is 11.5. The fourth-order valence-electron chi connectivity index (χ4n) is 1.48. The van der Waals surface area contributed by atoms with Crippen LogP contribution in [0.4, 0.5) is 0 Å². The van der Waals surface area contributed by atoms with Crippen molar-refractivity contribution in [2.45, 2.75) is 33.4 Å². The third-order valence-corrected chi connectivity index (χ3v) is 4.54. The van der Waals surface area contributed by atoms with Gasteiger partial charge in [-0.25, -0.2) is 4.98 Å². The SMILES string of the molecule is Cc1csc(CN=C2N[C@@H](C(C)C)CS2)n1. The lowest BCUT2D eigenvalue weighted by molar-refractivity contribution is 0.503. The molecule has 0 spiro atoms. The molecule has 0 aromatic carbocycles. The minimum absolute atomic E-state index is 0.571. The van der Waals surface area contributed by atoms with Gasteiger partial charge in [-0.2, -0.15) is 0 Å². The van der Waals surface area contributed by atoms with Crippen LogP contribution >= 0.6 is 23.1 Å². The summed E-state index contributed by atoms with van der Waals surface area (Å²) < 4.78 is 0. The van der Waals surface area contributed by atoms with Crippen molar-refractivity contribution in [1.29, 1.82) is 0 Å². The number of aryl methyl sites for hydroxylation is 1. The van der Waals surface area contributed by atoms with Crippen molar-refractivity contribution in [3.63, 3.8) is 0 Å². The second-order valence-electron chi connectivity index (χ2n) is 4.31. The molecule has 2 rings (SSSR count). The van der Waals surface area contributed by atoms with Gasteiger partial charge in [0.15, 0.2) is 5.17 Å². The number of rotatable bonds is 3.